The Balaban J connectivity index is 1.49. The monoisotopic (exact) mass is 455 g/mol. The maximum atomic E-state index is 11.4. The van der Waals surface area contributed by atoms with Crippen LogP contribution in [-0.4, -0.2) is 58.6 Å². The molecule has 3 aromatic heterocycles. The van der Waals surface area contributed by atoms with Crippen molar-refractivity contribution in [1.82, 2.24) is 29.3 Å². The zero-order chi connectivity index (χ0) is 23.3. The second kappa shape index (κ2) is 7.63. The molecule has 1 atom stereocenters. The molecule has 6 rings (SSSR count). The number of carbonyl (C=O) groups is 1. The number of carboxylic acid groups (broad SMARTS) is 1. The first-order valence-electron chi connectivity index (χ1n) is 10.9. The summed E-state index contributed by atoms with van der Waals surface area (Å²) in [5.41, 5.74) is 1.52. The van der Waals surface area contributed by atoms with Gasteiger partial charge >= 0.3 is 5.97 Å². The molecule has 0 bridgehead atoms. The first kappa shape index (κ1) is 20.3. The number of rotatable bonds is 5. The number of aliphatic carboxylic acids is 1. The molecule has 0 amide bonds. The van der Waals surface area contributed by atoms with Gasteiger partial charge in [0.05, 0.1) is 24.6 Å². The van der Waals surface area contributed by atoms with Crippen LogP contribution < -0.4 is 4.90 Å². The highest BCUT2D eigenvalue weighted by atomic mass is 16.4. The summed E-state index contributed by atoms with van der Waals surface area (Å²) in [6.45, 7) is 0.582. The summed E-state index contributed by atoms with van der Waals surface area (Å²) < 4.78 is 3.18. The van der Waals surface area contributed by atoms with E-state index in [4.69, 9.17) is 4.98 Å². The van der Waals surface area contributed by atoms with E-state index in [1.165, 1.54) is 10.9 Å². The number of benzene rings is 2. The molecule has 0 aliphatic carbocycles. The molecule has 170 valence electrons. The van der Waals surface area contributed by atoms with Crippen LogP contribution in [-0.2, 0) is 16.9 Å². The van der Waals surface area contributed by atoms with Gasteiger partial charge in [-0.1, -0.05) is 48.5 Å². The van der Waals surface area contributed by atoms with E-state index in [-0.39, 0.29) is 6.54 Å². The highest BCUT2D eigenvalue weighted by Gasteiger charge is 2.39. The zero-order valence-corrected chi connectivity index (χ0v) is 18.1. The van der Waals surface area contributed by atoms with Crippen molar-refractivity contribution in [1.29, 1.82) is 0 Å². The number of imidazole rings is 1. The van der Waals surface area contributed by atoms with Crippen molar-refractivity contribution in [3.8, 4) is 5.82 Å². The van der Waals surface area contributed by atoms with Gasteiger partial charge in [0.2, 0.25) is 5.95 Å². The molecule has 34 heavy (non-hydrogen) atoms. The van der Waals surface area contributed by atoms with E-state index in [1.54, 1.807) is 10.9 Å². The van der Waals surface area contributed by atoms with Crippen molar-refractivity contribution in [3.63, 3.8) is 0 Å². The van der Waals surface area contributed by atoms with Crippen molar-refractivity contribution in [2.45, 2.75) is 18.6 Å². The minimum atomic E-state index is -1.03. The van der Waals surface area contributed by atoms with Gasteiger partial charge in [-0.25, -0.2) is 9.67 Å². The van der Waals surface area contributed by atoms with Gasteiger partial charge in [-0.3, -0.25) is 4.79 Å². The molecule has 2 aromatic carbocycles. The lowest BCUT2D eigenvalue weighted by Gasteiger charge is -2.24. The number of carboxylic acids is 1. The third kappa shape index (κ3) is 3.27. The molecule has 0 saturated carbocycles. The normalized spacial score (nSPS) is 18.2. The number of nitrogens with zero attached hydrogens (tertiary/aromatic N) is 7. The number of hydrogen-bond donors (Lipinski definition) is 2. The van der Waals surface area contributed by atoms with Crippen molar-refractivity contribution in [3.05, 3.63) is 72.7 Å². The van der Waals surface area contributed by atoms with E-state index < -0.39 is 11.6 Å². The lowest BCUT2D eigenvalue weighted by Crippen LogP contribution is -2.31. The van der Waals surface area contributed by atoms with Gasteiger partial charge in [0.15, 0.2) is 17.0 Å². The molecule has 10 nitrogen and oxygen atoms in total. The molecule has 10 heteroatoms. The van der Waals surface area contributed by atoms with Crippen LogP contribution in [0.5, 0.6) is 0 Å². The quantitative estimate of drug-likeness (QED) is 0.414. The number of para-hydroxylation sites is 1. The van der Waals surface area contributed by atoms with Crippen molar-refractivity contribution in [2.75, 3.05) is 18.0 Å². The van der Waals surface area contributed by atoms with Gasteiger partial charge in [0.25, 0.3) is 0 Å². The molecule has 1 saturated heterocycles. The Morgan fingerprint density at radius 1 is 1.06 bits per heavy atom. The van der Waals surface area contributed by atoms with Crippen LogP contribution in [0.4, 0.5) is 5.95 Å². The van der Waals surface area contributed by atoms with Gasteiger partial charge in [-0.15, -0.1) is 0 Å². The topological polar surface area (TPSA) is 122 Å². The first-order chi connectivity index (χ1) is 16.5. The highest BCUT2D eigenvalue weighted by molar-refractivity contribution is 5.86. The standard InChI is InChI=1S/C24H21N7O3/c32-19(33)13-30-15-25-20-21(30)27-23(28-22(20)31-18-9-5-4-6-16(18)12-26-31)29-11-10-24(34,14-29)17-7-2-1-3-8-17/h1-9,12,15,34H,10-11,13-14H2,(H,32,33). The molecule has 1 unspecified atom stereocenters. The minimum Gasteiger partial charge on any atom is -0.480 e. The summed E-state index contributed by atoms with van der Waals surface area (Å²) in [5, 5.41) is 26.2. The van der Waals surface area contributed by atoms with Crippen LogP contribution in [0, 0.1) is 0 Å². The van der Waals surface area contributed by atoms with E-state index in [2.05, 4.69) is 15.1 Å². The summed E-state index contributed by atoms with van der Waals surface area (Å²) in [4.78, 5) is 27.3. The molecule has 0 spiro atoms. The van der Waals surface area contributed by atoms with Gasteiger partial charge in [-0.05, 0) is 18.1 Å². The number of anilines is 1. The Morgan fingerprint density at radius 3 is 2.68 bits per heavy atom. The molecular formula is C24H21N7O3. The zero-order valence-electron chi connectivity index (χ0n) is 18.1. The van der Waals surface area contributed by atoms with E-state index in [0.29, 0.717) is 42.4 Å². The average molecular weight is 455 g/mol. The van der Waals surface area contributed by atoms with Gasteiger partial charge in [-0.2, -0.15) is 15.1 Å². The minimum absolute atomic E-state index is 0.278. The number of aliphatic hydroxyl groups is 1. The SMILES string of the molecule is O=C(O)Cn1cnc2c(-n3ncc4ccccc43)nc(N3CCC(O)(c4ccccc4)C3)nc21. The van der Waals surface area contributed by atoms with Crippen molar-refractivity contribution < 1.29 is 15.0 Å². The predicted molar refractivity (Wildman–Crippen MR) is 125 cm³/mol. The van der Waals surface area contributed by atoms with Gasteiger partial charge in [0.1, 0.15) is 12.1 Å². The van der Waals surface area contributed by atoms with Crippen LogP contribution in [0.25, 0.3) is 27.9 Å². The molecule has 4 heterocycles. The molecule has 1 fully saturated rings. The fourth-order valence-corrected chi connectivity index (χ4v) is 4.56. The predicted octanol–water partition coefficient (Wildman–Crippen LogP) is 2.35. The third-order valence-electron chi connectivity index (χ3n) is 6.26. The van der Waals surface area contributed by atoms with Crippen molar-refractivity contribution in [2.24, 2.45) is 0 Å². The second-order valence-electron chi connectivity index (χ2n) is 8.47. The fourth-order valence-electron chi connectivity index (χ4n) is 4.56. The summed E-state index contributed by atoms with van der Waals surface area (Å²) in [7, 11) is 0. The number of aromatic nitrogens is 6. The second-order valence-corrected chi connectivity index (χ2v) is 8.47. The maximum Gasteiger partial charge on any atom is 0.323 e. The lowest BCUT2D eigenvalue weighted by atomic mass is 9.93. The van der Waals surface area contributed by atoms with Crippen LogP contribution in [0.3, 0.4) is 0 Å². The Bertz CT molecular complexity index is 1530. The van der Waals surface area contributed by atoms with Gasteiger partial charge in [0, 0.05) is 11.9 Å². The smallest absolute Gasteiger partial charge is 0.323 e. The Morgan fingerprint density at radius 2 is 1.85 bits per heavy atom. The van der Waals surface area contributed by atoms with Crippen LogP contribution >= 0.6 is 0 Å². The Labute approximate surface area is 193 Å². The fraction of sp³-hybridized carbons (Fsp3) is 0.208. The molecule has 1 aliphatic heterocycles. The largest absolute Gasteiger partial charge is 0.480 e. The third-order valence-corrected chi connectivity index (χ3v) is 6.26. The maximum absolute atomic E-state index is 11.4. The van der Waals surface area contributed by atoms with Gasteiger partial charge < -0.3 is 19.7 Å². The van der Waals surface area contributed by atoms with Crippen LogP contribution in [0.1, 0.15) is 12.0 Å². The lowest BCUT2D eigenvalue weighted by molar-refractivity contribution is -0.137. The summed E-state index contributed by atoms with van der Waals surface area (Å²) in [5.74, 6) is -0.147. The van der Waals surface area contributed by atoms with E-state index in [9.17, 15) is 15.0 Å². The summed E-state index contributed by atoms with van der Waals surface area (Å²) in [6.07, 6.45) is 3.73. The molecular weight excluding hydrogens is 434 g/mol. The Hall–Kier alpha value is -4.31. The number of β-amino-alcohol motifs (C(OH)–C–C–N with tert-alkyl or cyclic N) is 1. The molecule has 5 aromatic rings. The van der Waals surface area contributed by atoms with E-state index in [0.717, 1.165) is 16.5 Å². The molecule has 1 aliphatic rings. The summed E-state index contributed by atoms with van der Waals surface area (Å²) in [6, 6.07) is 17.3. The number of hydrogen-bond acceptors (Lipinski definition) is 7. The van der Waals surface area contributed by atoms with Crippen molar-refractivity contribution >= 4 is 34.0 Å². The molecule has 0 radical (unpaired) electrons. The highest BCUT2D eigenvalue weighted by Crippen LogP contribution is 2.34. The average Bonchev–Trinajstić information content (AvgIpc) is 3.57. The van der Waals surface area contributed by atoms with E-state index in [1.807, 2.05) is 59.5 Å². The van der Waals surface area contributed by atoms with E-state index >= 15 is 0 Å². The summed E-state index contributed by atoms with van der Waals surface area (Å²) >= 11 is 0. The Kier molecular flexibility index (Phi) is 4.56. The first-order valence-corrected chi connectivity index (χ1v) is 10.9. The van der Waals surface area contributed by atoms with Crippen LogP contribution in [0.2, 0.25) is 0 Å². The molecule has 2 N–H and O–H groups in total. The van der Waals surface area contributed by atoms with Crippen LogP contribution in [0.15, 0.2) is 67.1 Å². The number of fused-ring (bicyclic) bond motifs is 2.